The second kappa shape index (κ2) is 5.75. The quantitative estimate of drug-likeness (QED) is 0.840. The molecule has 0 aromatic carbocycles. The van der Waals surface area contributed by atoms with Crippen LogP contribution in [0.4, 0.5) is 6.01 Å². The maximum Gasteiger partial charge on any atom is 0.315 e. The highest BCUT2D eigenvalue weighted by atomic mass is 16.4. The van der Waals surface area contributed by atoms with Crippen LogP contribution in [-0.2, 0) is 13.1 Å². The highest BCUT2D eigenvalue weighted by Gasteiger charge is 2.12. The van der Waals surface area contributed by atoms with E-state index in [4.69, 9.17) is 4.42 Å². The number of hydrogen-bond donors (Lipinski definition) is 2. The minimum absolute atomic E-state index is 0.0169. The van der Waals surface area contributed by atoms with Crippen LogP contribution in [0.5, 0.6) is 0 Å². The fraction of sp³-hybridized carbons (Fsp3) is 0.500. The molecular formula is C12H18N6O. The van der Waals surface area contributed by atoms with Gasteiger partial charge in [-0.25, -0.2) is 9.97 Å². The Morgan fingerprint density at radius 2 is 2.05 bits per heavy atom. The lowest BCUT2D eigenvalue weighted by atomic mass is 10.1. The molecule has 0 aliphatic heterocycles. The Morgan fingerprint density at radius 3 is 2.74 bits per heavy atom. The summed E-state index contributed by atoms with van der Waals surface area (Å²) in [6.45, 7) is 7.31. The van der Waals surface area contributed by atoms with E-state index in [1.165, 1.54) is 6.33 Å². The van der Waals surface area contributed by atoms with Gasteiger partial charge in [0.05, 0.1) is 18.8 Å². The molecule has 2 aromatic rings. The van der Waals surface area contributed by atoms with Crippen molar-refractivity contribution in [3.8, 4) is 0 Å². The maximum atomic E-state index is 5.46. The molecule has 0 fully saturated rings. The first-order valence-electron chi connectivity index (χ1n) is 6.09. The Hall–Kier alpha value is -2.02. The number of rotatable bonds is 5. The van der Waals surface area contributed by atoms with Crippen molar-refractivity contribution in [2.45, 2.75) is 39.4 Å². The summed E-state index contributed by atoms with van der Waals surface area (Å²) >= 11 is 0. The van der Waals surface area contributed by atoms with Gasteiger partial charge in [-0.2, -0.15) is 0 Å². The third-order valence-corrected chi connectivity index (χ3v) is 2.30. The number of anilines is 1. The van der Waals surface area contributed by atoms with E-state index < -0.39 is 0 Å². The molecule has 0 bridgehead atoms. The van der Waals surface area contributed by atoms with Gasteiger partial charge in [-0.05, 0) is 26.8 Å². The van der Waals surface area contributed by atoms with Gasteiger partial charge in [0, 0.05) is 11.7 Å². The number of aromatic nitrogens is 4. The van der Waals surface area contributed by atoms with Crippen molar-refractivity contribution in [1.29, 1.82) is 0 Å². The SMILES string of the molecule is CC(C)(C)NCc1nnc(NCc2ccncn2)o1. The maximum absolute atomic E-state index is 5.46. The summed E-state index contributed by atoms with van der Waals surface area (Å²) in [5.41, 5.74) is 0.880. The van der Waals surface area contributed by atoms with Crippen molar-refractivity contribution in [2.75, 3.05) is 5.32 Å². The molecule has 102 valence electrons. The number of hydrogen-bond acceptors (Lipinski definition) is 7. The summed E-state index contributed by atoms with van der Waals surface area (Å²) in [6, 6.07) is 2.22. The molecule has 0 atom stereocenters. The predicted molar refractivity (Wildman–Crippen MR) is 70.2 cm³/mol. The monoisotopic (exact) mass is 262 g/mol. The van der Waals surface area contributed by atoms with Crippen LogP contribution in [0.25, 0.3) is 0 Å². The molecule has 2 N–H and O–H groups in total. The van der Waals surface area contributed by atoms with Gasteiger partial charge in [-0.3, -0.25) is 0 Å². The molecule has 2 rings (SSSR count). The summed E-state index contributed by atoms with van der Waals surface area (Å²) in [7, 11) is 0. The molecule has 0 spiro atoms. The van der Waals surface area contributed by atoms with E-state index in [0.717, 1.165) is 5.69 Å². The van der Waals surface area contributed by atoms with Gasteiger partial charge in [0.15, 0.2) is 0 Å². The lowest BCUT2D eigenvalue weighted by molar-refractivity contribution is 0.383. The van der Waals surface area contributed by atoms with Crippen LogP contribution in [0.2, 0.25) is 0 Å². The zero-order valence-corrected chi connectivity index (χ0v) is 11.3. The van der Waals surface area contributed by atoms with Crippen molar-refractivity contribution < 1.29 is 4.42 Å². The van der Waals surface area contributed by atoms with Crippen molar-refractivity contribution >= 4 is 6.01 Å². The highest BCUT2D eigenvalue weighted by Crippen LogP contribution is 2.08. The van der Waals surface area contributed by atoms with Gasteiger partial charge >= 0.3 is 6.01 Å². The summed E-state index contributed by atoms with van der Waals surface area (Å²) in [5.74, 6) is 0.556. The zero-order chi connectivity index (χ0) is 13.7. The molecule has 19 heavy (non-hydrogen) atoms. The Kier molecular flexibility index (Phi) is 4.06. The first kappa shape index (κ1) is 13.4. The van der Waals surface area contributed by atoms with E-state index >= 15 is 0 Å². The fourth-order valence-electron chi connectivity index (χ4n) is 1.33. The molecular weight excluding hydrogens is 244 g/mol. The van der Waals surface area contributed by atoms with Gasteiger partial charge < -0.3 is 15.1 Å². The first-order chi connectivity index (χ1) is 9.03. The molecule has 0 aliphatic rings. The van der Waals surface area contributed by atoms with Gasteiger partial charge in [0.1, 0.15) is 6.33 Å². The van der Waals surface area contributed by atoms with Crippen molar-refractivity contribution in [3.05, 3.63) is 30.2 Å². The van der Waals surface area contributed by atoms with Gasteiger partial charge in [-0.1, -0.05) is 5.10 Å². The summed E-state index contributed by atoms with van der Waals surface area (Å²) in [5, 5.41) is 14.2. The minimum atomic E-state index is 0.0169. The van der Waals surface area contributed by atoms with Crippen LogP contribution < -0.4 is 10.6 Å². The Balaban J connectivity index is 1.84. The van der Waals surface area contributed by atoms with Crippen molar-refractivity contribution in [2.24, 2.45) is 0 Å². The Bertz CT molecular complexity index is 504. The molecule has 0 aliphatic carbocycles. The lowest BCUT2D eigenvalue weighted by Crippen LogP contribution is -2.35. The summed E-state index contributed by atoms with van der Waals surface area (Å²) < 4.78 is 5.46. The van der Waals surface area contributed by atoms with Gasteiger partial charge in [0.25, 0.3) is 0 Å². The Morgan fingerprint density at radius 1 is 1.21 bits per heavy atom. The van der Waals surface area contributed by atoms with Crippen molar-refractivity contribution in [3.63, 3.8) is 0 Å². The van der Waals surface area contributed by atoms with Crippen molar-refractivity contribution in [1.82, 2.24) is 25.5 Å². The smallest absolute Gasteiger partial charge is 0.315 e. The lowest BCUT2D eigenvalue weighted by Gasteiger charge is -2.18. The van der Waals surface area contributed by atoms with E-state index in [1.54, 1.807) is 6.20 Å². The largest absolute Gasteiger partial charge is 0.407 e. The van der Waals surface area contributed by atoms with E-state index in [0.29, 0.717) is 25.0 Å². The molecule has 7 nitrogen and oxygen atoms in total. The second-order valence-corrected chi connectivity index (χ2v) is 5.16. The predicted octanol–water partition coefficient (Wildman–Crippen LogP) is 1.36. The van der Waals surface area contributed by atoms with E-state index in [-0.39, 0.29) is 5.54 Å². The third kappa shape index (κ3) is 4.63. The minimum Gasteiger partial charge on any atom is -0.407 e. The highest BCUT2D eigenvalue weighted by molar-refractivity contribution is 5.19. The van der Waals surface area contributed by atoms with Crippen LogP contribution in [0.3, 0.4) is 0 Å². The first-order valence-corrected chi connectivity index (χ1v) is 6.09. The standard InChI is InChI=1S/C12H18N6O/c1-12(2,3)16-7-10-17-18-11(19-10)14-6-9-4-5-13-8-15-9/h4-5,8,16H,6-7H2,1-3H3,(H,14,18). The fourth-order valence-corrected chi connectivity index (χ4v) is 1.33. The average Bonchev–Trinajstić information content (AvgIpc) is 2.82. The van der Waals surface area contributed by atoms with Crippen LogP contribution in [0, 0.1) is 0 Å². The molecule has 0 unspecified atom stereocenters. The van der Waals surface area contributed by atoms with Crippen LogP contribution in [0.1, 0.15) is 32.4 Å². The van der Waals surface area contributed by atoms with E-state index in [1.807, 2.05) is 6.07 Å². The summed E-state index contributed by atoms with van der Waals surface area (Å²) in [6.07, 6.45) is 3.19. The zero-order valence-electron chi connectivity index (χ0n) is 11.3. The van der Waals surface area contributed by atoms with Crippen LogP contribution in [-0.4, -0.2) is 25.7 Å². The normalized spacial score (nSPS) is 11.5. The van der Waals surface area contributed by atoms with Gasteiger partial charge in [-0.15, -0.1) is 5.10 Å². The van der Waals surface area contributed by atoms with Crippen LogP contribution in [0.15, 0.2) is 23.0 Å². The molecule has 0 radical (unpaired) electrons. The molecule has 0 amide bonds. The molecule has 0 saturated heterocycles. The van der Waals surface area contributed by atoms with Crippen LogP contribution >= 0.6 is 0 Å². The number of nitrogens with one attached hydrogen (secondary N) is 2. The third-order valence-electron chi connectivity index (χ3n) is 2.30. The average molecular weight is 262 g/mol. The second-order valence-electron chi connectivity index (χ2n) is 5.16. The topological polar surface area (TPSA) is 88.8 Å². The molecule has 2 heterocycles. The van der Waals surface area contributed by atoms with E-state index in [9.17, 15) is 0 Å². The molecule has 0 saturated carbocycles. The van der Waals surface area contributed by atoms with E-state index in [2.05, 4.69) is 51.6 Å². The Labute approximate surface area is 111 Å². The number of nitrogens with zero attached hydrogens (tertiary/aromatic N) is 4. The molecule has 2 aromatic heterocycles. The molecule has 7 heteroatoms. The van der Waals surface area contributed by atoms with Gasteiger partial charge in [0.2, 0.25) is 5.89 Å². The summed E-state index contributed by atoms with van der Waals surface area (Å²) in [4.78, 5) is 7.95.